The third kappa shape index (κ3) is 18.5. The number of hydrogen-bond donors (Lipinski definition) is 2. The Kier molecular flexibility index (Phi) is 18.1. The molecule has 0 aliphatic rings. The number of carbonyl (C=O) groups is 2. The van der Waals surface area contributed by atoms with Crippen molar-refractivity contribution in [2.45, 2.75) is 111 Å². The van der Waals surface area contributed by atoms with Gasteiger partial charge >= 0.3 is 11.9 Å². The zero-order valence-corrected chi connectivity index (χ0v) is 27.1. The summed E-state index contributed by atoms with van der Waals surface area (Å²) >= 11 is 0. The SMILES string of the molecule is CNCCC(C)C(=O)OCCC[Si](C)(C)O[Si](C)(C)CCCOC(=O)C(C)CNC(C)CCC(C)C. The fraction of sp³-hybridized carbons (Fsp3) is 0.926. The normalized spacial score (nSPS) is 15.0. The molecule has 0 aromatic rings. The first-order valence-electron chi connectivity index (χ1n) is 14.1. The Morgan fingerprint density at radius 3 is 1.72 bits per heavy atom. The maximum atomic E-state index is 12.3. The van der Waals surface area contributed by atoms with Crippen LogP contribution in [0.15, 0.2) is 0 Å². The molecule has 0 aromatic carbocycles. The second-order valence-electron chi connectivity index (χ2n) is 12.1. The lowest BCUT2D eigenvalue weighted by Crippen LogP contribution is -2.44. The van der Waals surface area contributed by atoms with Gasteiger partial charge in [-0.05, 0) is 96.8 Å². The molecule has 0 aliphatic carbocycles. The van der Waals surface area contributed by atoms with Crippen LogP contribution in [0.25, 0.3) is 0 Å². The molecule has 2 N–H and O–H groups in total. The number of carbonyl (C=O) groups excluding carboxylic acids is 2. The molecule has 0 amide bonds. The summed E-state index contributed by atoms with van der Waals surface area (Å²) in [6.45, 7) is 21.9. The third-order valence-electron chi connectivity index (χ3n) is 6.47. The van der Waals surface area contributed by atoms with Crippen LogP contribution < -0.4 is 10.6 Å². The highest BCUT2D eigenvalue weighted by molar-refractivity contribution is 6.84. The predicted molar refractivity (Wildman–Crippen MR) is 155 cm³/mol. The molecular formula is C27H58N2O5Si2. The minimum Gasteiger partial charge on any atom is -0.465 e. The Bertz CT molecular complexity index is 617. The zero-order valence-electron chi connectivity index (χ0n) is 25.1. The largest absolute Gasteiger partial charge is 0.465 e. The lowest BCUT2D eigenvalue weighted by molar-refractivity contribution is -0.148. The van der Waals surface area contributed by atoms with Crippen LogP contribution in [0, 0.1) is 17.8 Å². The number of esters is 2. The molecule has 0 heterocycles. The standard InChI is InChI=1S/C27H58N2O5Si2/c1-22(2)13-14-25(5)29-21-24(4)27(31)33-18-12-20-36(9,10)34-35(7,8)19-11-17-32-26(30)23(3)15-16-28-6/h22-25,28-29H,11-21H2,1-10H3. The van der Waals surface area contributed by atoms with Gasteiger partial charge in [0.25, 0.3) is 0 Å². The highest BCUT2D eigenvalue weighted by atomic mass is 28.4. The number of rotatable bonds is 21. The molecule has 9 heteroatoms. The Hall–Kier alpha value is -0.746. The van der Waals surface area contributed by atoms with Gasteiger partial charge in [-0.25, -0.2) is 0 Å². The number of ether oxygens (including phenoxy) is 2. The average molecular weight is 547 g/mol. The molecule has 36 heavy (non-hydrogen) atoms. The van der Waals surface area contributed by atoms with Crippen LogP contribution >= 0.6 is 0 Å². The molecular weight excluding hydrogens is 488 g/mol. The smallest absolute Gasteiger partial charge is 0.309 e. The van der Waals surface area contributed by atoms with Gasteiger partial charge in [-0.2, -0.15) is 0 Å². The van der Waals surface area contributed by atoms with Crippen LogP contribution in [0.4, 0.5) is 0 Å². The van der Waals surface area contributed by atoms with Gasteiger partial charge in [0.15, 0.2) is 16.6 Å². The Balaban J connectivity index is 4.17. The van der Waals surface area contributed by atoms with Crippen molar-refractivity contribution in [1.82, 2.24) is 10.6 Å². The van der Waals surface area contributed by atoms with Crippen LogP contribution in [-0.4, -0.2) is 68.0 Å². The summed E-state index contributed by atoms with van der Waals surface area (Å²) in [5.74, 6) is 0.259. The maximum absolute atomic E-state index is 12.3. The monoisotopic (exact) mass is 546 g/mol. The fourth-order valence-corrected chi connectivity index (χ4v) is 12.9. The van der Waals surface area contributed by atoms with E-state index in [4.69, 9.17) is 13.6 Å². The first-order chi connectivity index (χ1) is 16.7. The summed E-state index contributed by atoms with van der Waals surface area (Å²) in [7, 11) is -1.82. The minimum absolute atomic E-state index is 0.0723. The van der Waals surface area contributed by atoms with Gasteiger partial charge in [0.1, 0.15) is 0 Å². The van der Waals surface area contributed by atoms with Crippen molar-refractivity contribution in [2.75, 3.05) is 33.4 Å². The van der Waals surface area contributed by atoms with Crippen LogP contribution in [0.2, 0.25) is 38.3 Å². The van der Waals surface area contributed by atoms with Crippen molar-refractivity contribution in [2.24, 2.45) is 17.8 Å². The van der Waals surface area contributed by atoms with Crippen molar-refractivity contribution in [3.63, 3.8) is 0 Å². The van der Waals surface area contributed by atoms with Crippen LogP contribution in [-0.2, 0) is 23.2 Å². The van der Waals surface area contributed by atoms with E-state index in [1.54, 1.807) is 0 Å². The highest BCUT2D eigenvalue weighted by Crippen LogP contribution is 2.24. The van der Waals surface area contributed by atoms with E-state index in [-0.39, 0.29) is 23.8 Å². The topological polar surface area (TPSA) is 85.9 Å². The van der Waals surface area contributed by atoms with E-state index in [2.05, 4.69) is 57.6 Å². The predicted octanol–water partition coefficient (Wildman–Crippen LogP) is 5.58. The molecule has 3 unspecified atom stereocenters. The summed E-state index contributed by atoms with van der Waals surface area (Å²) in [4.78, 5) is 24.4. The van der Waals surface area contributed by atoms with Gasteiger partial charge in [-0.1, -0.05) is 27.7 Å². The van der Waals surface area contributed by atoms with Crippen LogP contribution in [0.1, 0.15) is 66.7 Å². The van der Waals surface area contributed by atoms with Crippen molar-refractivity contribution in [3.8, 4) is 0 Å². The van der Waals surface area contributed by atoms with E-state index in [1.165, 1.54) is 6.42 Å². The van der Waals surface area contributed by atoms with E-state index < -0.39 is 16.6 Å². The van der Waals surface area contributed by atoms with Crippen molar-refractivity contribution < 1.29 is 23.2 Å². The second-order valence-corrected chi connectivity index (χ2v) is 21.0. The Labute approximate surface area is 224 Å². The number of nitrogens with one attached hydrogen (secondary N) is 2. The van der Waals surface area contributed by atoms with Crippen LogP contribution in [0.5, 0.6) is 0 Å². The summed E-state index contributed by atoms with van der Waals surface area (Å²) in [6, 6.07) is 2.35. The Morgan fingerprint density at radius 1 is 0.750 bits per heavy atom. The molecule has 0 aliphatic heterocycles. The molecule has 7 nitrogen and oxygen atoms in total. The second kappa shape index (κ2) is 18.5. The molecule has 0 fully saturated rings. The molecule has 0 saturated heterocycles. The Morgan fingerprint density at radius 2 is 1.25 bits per heavy atom. The van der Waals surface area contributed by atoms with E-state index >= 15 is 0 Å². The van der Waals surface area contributed by atoms with Crippen molar-refractivity contribution in [3.05, 3.63) is 0 Å². The van der Waals surface area contributed by atoms with E-state index in [1.807, 2.05) is 20.9 Å². The lowest BCUT2D eigenvalue weighted by Gasteiger charge is -2.34. The van der Waals surface area contributed by atoms with Gasteiger partial charge in [0, 0.05) is 12.6 Å². The van der Waals surface area contributed by atoms with Crippen molar-refractivity contribution >= 4 is 28.6 Å². The molecule has 0 saturated carbocycles. The van der Waals surface area contributed by atoms with Gasteiger partial charge in [0.05, 0.1) is 25.0 Å². The van der Waals surface area contributed by atoms with Gasteiger partial charge in [-0.15, -0.1) is 0 Å². The molecule has 3 atom stereocenters. The first kappa shape index (κ1) is 35.3. The molecule has 214 valence electrons. The molecule has 0 radical (unpaired) electrons. The summed E-state index contributed by atoms with van der Waals surface area (Å²) in [6.07, 6.45) is 4.79. The molecule has 0 bridgehead atoms. The average Bonchev–Trinajstić information content (AvgIpc) is 2.78. The van der Waals surface area contributed by atoms with Gasteiger partial charge in [0.2, 0.25) is 0 Å². The van der Waals surface area contributed by atoms with E-state index in [9.17, 15) is 9.59 Å². The lowest BCUT2D eigenvalue weighted by atomic mass is 10.0. The van der Waals surface area contributed by atoms with Gasteiger partial charge < -0.3 is 24.2 Å². The fourth-order valence-electron chi connectivity index (χ4n) is 4.10. The minimum atomic E-state index is -1.86. The number of hydrogen-bond acceptors (Lipinski definition) is 7. The third-order valence-corrected chi connectivity index (χ3v) is 14.0. The summed E-state index contributed by atoms with van der Waals surface area (Å²) < 4.78 is 17.7. The zero-order chi connectivity index (χ0) is 27.8. The summed E-state index contributed by atoms with van der Waals surface area (Å²) in [5.41, 5.74) is 0. The highest BCUT2D eigenvalue weighted by Gasteiger charge is 2.32. The molecule has 0 spiro atoms. The molecule has 0 aromatic heterocycles. The first-order valence-corrected chi connectivity index (χ1v) is 20.3. The maximum Gasteiger partial charge on any atom is 0.309 e. The van der Waals surface area contributed by atoms with Crippen LogP contribution in [0.3, 0.4) is 0 Å². The van der Waals surface area contributed by atoms with Gasteiger partial charge in [-0.3, -0.25) is 9.59 Å². The molecule has 0 rings (SSSR count). The summed E-state index contributed by atoms with van der Waals surface area (Å²) in [5, 5.41) is 6.52. The van der Waals surface area contributed by atoms with E-state index in [0.717, 1.165) is 44.3 Å². The van der Waals surface area contributed by atoms with Crippen molar-refractivity contribution in [1.29, 1.82) is 0 Å². The quantitative estimate of drug-likeness (QED) is 0.110. The van der Waals surface area contributed by atoms with E-state index in [0.29, 0.717) is 31.7 Å².